The number of rotatable bonds is 7. The normalized spacial score (nSPS) is 12.4. The van der Waals surface area contributed by atoms with Crippen molar-refractivity contribution in [3.05, 3.63) is 24.3 Å². The molecule has 0 fully saturated rings. The minimum atomic E-state index is -3.56. The molecule has 0 aliphatic heterocycles. The Bertz CT molecular complexity index is 485. The lowest BCUT2D eigenvalue weighted by Gasteiger charge is -2.30. The Balaban J connectivity index is 3.03. The van der Waals surface area contributed by atoms with E-state index in [4.69, 9.17) is 10.5 Å². The van der Waals surface area contributed by atoms with Gasteiger partial charge in [-0.3, -0.25) is 0 Å². The average molecular weight is 286 g/mol. The van der Waals surface area contributed by atoms with Crippen molar-refractivity contribution in [1.82, 2.24) is 4.72 Å². The number of nitrogens with two attached hydrogens (primary N) is 1. The van der Waals surface area contributed by atoms with Crippen LogP contribution in [-0.2, 0) is 10.0 Å². The van der Waals surface area contributed by atoms with Crippen LogP contribution in [0.15, 0.2) is 29.2 Å². The van der Waals surface area contributed by atoms with Gasteiger partial charge in [-0.25, -0.2) is 13.1 Å². The summed E-state index contributed by atoms with van der Waals surface area (Å²) < 4.78 is 32.4. The van der Waals surface area contributed by atoms with E-state index in [-0.39, 0.29) is 11.4 Å². The monoisotopic (exact) mass is 286 g/mol. The molecule has 0 unspecified atom stereocenters. The van der Waals surface area contributed by atoms with Crippen LogP contribution in [0.2, 0.25) is 0 Å². The number of sulfonamides is 1. The van der Waals surface area contributed by atoms with Gasteiger partial charge in [0.15, 0.2) is 0 Å². The van der Waals surface area contributed by atoms with E-state index in [0.29, 0.717) is 18.6 Å². The third-order valence-electron chi connectivity index (χ3n) is 3.46. The second-order valence-electron chi connectivity index (χ2n) is 4.47. The number of benzene rings is 1. The van der Waals surface area contributed by atoms with Crippen molar-refractivity contribution in [2.75, 3.05) is 13.7 Å². The Morgan fingerprint density at radius 1 is 1.21 bits per heavy atom. The molecule has 0 amide bonds. The van der Waals surface area contributed by atoms with Gasteiger partial charge in [-0.05, 0) is 37.1 Å². The largest absolute Gasteiger partial charge is 0.497 e. The van der Waals surface area contributed by atoms with Crippen molar-refractivity contribution in [3.8, 4) is 5.75 Å². The van der Waals surface area contributed by atoms with Gasteiger partial charge < -0.3 is 10.5 Å². The Hall–Kier alpha value is -1.11. The van der Waals surface area contributed by atoms with Crippen molar-refractivity contribution in [2.24, 2.45) is 5.73 Å². The van der Waals surface area contributed by atoms with E-state index < -0.39 is 15.6 Å². The first-order valence-electron chi connectivity index (χ1n) is 6.31. The number of nitrogens with one attached hydrogen (secondary N) is 1. The number of methoxy groups -OCH3 is 1. The SMILES string of the molecule is CCC(CC)(CN)NS(=O)(=O)c1ccc(OC)cc1. The summed E-state index contributed by atoms with van der Waals surface area (Å²) in [6, 6.07) is 6.29. The predicted molar refractivity (Wildman–Crippen MR) is 75.7 cm³/mol. The highest BCUT2D eigenvalue weighted by atomic mass is 32.2. The number of hydrogen-bond acceptors (Lipinski definition) is 4. The van der Waals surface area contributed by atoms with Crippen LogP contribution in [0.5, 0.6) is 5.75 Å². The molecule has 1 aromatic carbocycles. The van der Waals surface area contributed by atoms with E-state index in [1.807, 2.05) is 13.8 Å². The maximum Gasteiger partial charge on any atom is 0.241 e. The first-order chi connectivity index (χ1) is 8.93. The molecule has 0 bridgehead atoms. The van der Waals surface area contributed by atoms with Crippen LogP contribution in [0.1, 0.15) is 26.7 Å². The highest BCUT2D eigenvalue weighted by molar-refractivity contribution is 7.89. The first kappa shape index (κ1) is 15.9. The molecule has 0 aliphatic rings. The molecule has 5 nitrogen and oxygen atoms in total. The van der Waals surface area contributed by atoms with Crippen LogP contribution in [0.3, 0.4) is 0 Å². The van der Waals surface area contributed by atoms with Gasteiger partial charge in [0.1, 0.15) is 5.75 Å². The fourth-order valence-corrected chi connectivity index (χ4v) is 3.38. The molecule has 6 heteroatoms. The molecule has 0 saturated heterocycles. The van der Waals surface area contributed by atoms with E-state index in [1.165, 1.54) is 19.2 Å². The van der Waals surface area contributed by atoms with Gasteiger partial charge in [-0.1, -0.05) is 13.8 Å². The van der Waals surface area contributed by atoms with Gasteiger partial charge in [-0.15, -0.1) is 0 Å². The summed E-state index contributed by atoms with van der Waals surface area (Å²) >= 11 is 0. The molecule has 0 spiro atoms. The minimum absolute atomic E-state index is 0.216. The molecule has 0 saturated carbocycles. The standard InChI is InChI=1S/C13H22N2O3S/c1-4-13(5-2,10-14)15-19(16,17)12-8-6-11(18-3)7-9-12/h6-9,15H,4-5,10,14H2,1-3H3. The smallest absolute Gasteiger partial charge is 0.241 e. The van der Waals surface area contributed by atoms with E-state index in [9.17, 15) is 8.42 Å². The van der Waals surface area contributed by atoms with Crippen molar-refractivity contribution >= 4 is 10.0 Å². The van der Waals surface area contributed by atoms with Gasteiger partial charge in [0.2, 0.25) is 10.0 Å². The van der Waals surface area contributed by atoms with Crippen molar-refractivity contribution in [2.45, 2.75) is 37.1 Å². The van der Waals surface area contributed by atoms with Crippen LogP contribution in [0.25, 0.3) is 0 Å². The van der Waals surface area contributed by atoms with E-state index in [0.717, 1.165) is 0 Å². The predicted octanol–water partition coefficient (Wildman–Crippen LogP) is 1.49. The highest BCUT2D eigenvalue weighted by Crippen LogP contribution is 2.20. The van der Waals surface area contributed by atoms with Gasteiger partial charge in [-0.2, -0.15) is 0 Å². The van der Waals surface area contributed by atoms with Crippen LogP contribution < -0.4 is 15.2 Å². The third kappa shape index (κ3) is 3.68. The maximum absolute atomic E-state index is 12.3. The molecule has 1 aromatic rings. The van der Waals surface area contributed by atoms with Crippen LogP contribution in [0.4, 0.5) is 0 Å². The lowest BCUT2D eigenvalue weighted by molar-refractivity contribution is 0.363. The molecule has 0 radical (unpaired) electrons. The van der Waals surface area contributed by atoms with Crippen LogP contribution in [-0.4, -0.2) is 27.6 Å². The van der Waals surface area contributed by atoms with Gasteiger partial charge in [0.25, 0.3) is 0 Å². The summed E-state index contributed by atoms with van der Waals surface area (Å²) in [6.45, 7) is 4.12. The zero-order valence-corrected chi connectivity index (χ0v) is 12.5. The summed E-state index contributed by atoms with van der Waals surface area (Å²) in [5.41, 5.74) is 5.13. The summed E-state index contributed by atoms with van der Waals surface area (Å²) in [5.74, 6) is 0.620. The van der Waals surface area contributed by atoms with E-state index in [1.54, 1.807) is 12.1 Å². The molecular formula is C13H22N2O3S. The Labute approximate surface area is 115 Å². The highest BCUT2D eigenvalue weighted by Gasteiger charge is 2.30. The number of ether oxygens (including phenoxy) is 1. The van der Waals surface area contributed by atoms with Gasteiger partial charge in [0.05, 0.1) is 12.0 Å². The molecular weight excluding hydrogens is 264 g/mol. The van der Waals surface area contributed by atoms with E-state index in [2.05, 4.69) is 4.72 Å². The quantitative estimate of drug-likeness (QED) is 0.795. The second kappa shape index (κ2) is 6.36. The van der Waals surface area contributed by atoms with Crippen molar-refractivity contribution < 1.29 is 13.2 Å². The lowest BCUT2D eigenvalue weighted by atomic mass is 9.95. The molecule has 19 heavy (non-hydrogen) atoms. The van der Waals surface area contributed by atoms with Crippen LogP contribution in [0, 0.1) is 0 Å². The molecule has 0 heterocycles. The van der Waals surface area contributed by atoms with Crippen molar-refractivity contribution in [1.29, 1.82) is 0 Å². The first-order valence-corrected chi connectivity index (χ1v) is 7.79. The molecule has 0 aliphatic carbocycles. The molecule has 3 N–H and O–H groups in total. The lowest BCUT2D eigenvalue weighted by Crippen LogP contribution is -2.52. The second-order valence-corrected chi connectivity index (χ2v) is 6.15. The Kier molecular flexibility index (Phi) is 5.34. The molecule has 0 atom stereocenters. The topological polar surface area (TPSA) is 81.4 Å². The Morgan fingerprint density at radius 2 is 1.74 bits per heavy atom. The van der Waals surface area contributed by atoms with Crippen molar-refractivity contribution in [3.63, 3.8) is 0 Å². The fraction of sp³-hybridized carbons (Fsp3) is 0.538. The zero-order valence-electron chi connectivity index (χ0n) is 11.6. The summed E-state index contributed by atoms with van der Waals surface area (Å²) in [7, 11) is -2.03. The molecule has 0 aromatic heterocycles. The fourth-order valence-electron chi connectivity index (χ4n) is 1.82. The zero-order chi connectivity index (χ0) is 14.5. The van der Waals surface area contributed by atoms with Gasteiger partial charge in [0, 0.05) is 12.1 Å². The summed E-state index contributed by atoms with van der Waals surface area (Å²) in [6.07, 6.45) is 1.30. The minimum Gasteiger partial charge on any atom is -0.497 e. The summed E-state index contributed by atoms with van der Waals surface area (Å²) in [5, 5.41) is 0. The number of hydrogen-bond donors (Lipinski definition) is 2. The van der Waals surface area contributed by atoms with Gasteiger partial charge >= 0.3 is 0 Å². The van der Waals surface area contributed by atoms with E-state index >= 15 is 0 Å². The van der Waals surface area contributed by atoms with Crippen LogP contribution >= 0.6 is 0 Å². The maximum atomic E-state index is 12.3. The average Bonchev–Trinajstić information content (AvgIpc) is 2.45. The summed E-state index contributed by atoms with van der Waals surface area (Å²) in [4.78, 5) is 0.216. The Morgan fingerprint density at radius 3 is 2.11 bits per heavy atom. The molecule has 108 valence electrons. The molecule has 1 rings (SSSR count). The third-order valence-corrected chi connectivity index (χ3v) is 5.06.